The second-order valence-electron chi connectivity index (χ2n) is 5.65. The Balaban J connectivity index is 2.28. The lowest BCUT2D eigenvalue weighted by Gasteiger charge is -2.08. The SMILES string of the molecule is CC(C)c1cccc([C@H]2[C@H](N)C2(C)C)c1. The van der Waals surface area contributed by atoms with Crippen LogP contribution in [0.15, 0.2) is 24.3 Å². The lowest BCUT2D eigenvalue weighted by Crippen LogP contribution is -2.06. The summed E-state index contributed by atoms with van der Waals surface area (Å²) in [5.74, 6) is 1.15. The van der Waals surface area contributed by atoms with Crippen molar-refractivity contribution in [2.45, 2.75) is 45.6 Å². The summed E-state index contributed by atoms with van der Waals surface area (Å²) < 4.78 is 0. The summed E-state index contributed by atoms with van der Waals surface area (Å²) >= 11 is 0. The molecule has 0 unspecified atom stereocenters. The van der Waals surface area contributed by atoms with E-state index in [0.29, 0.717) is 17.9 Å². The first-order valence-electron chi connectivity index (χ1n) is 5.80. The average Bonchev–Trinajstić information content (AvgIpc) is 2.66. The van der Waals surface area contributed by atoms with Crippen LogP contribution in [0.5, 0.6) is 0 Å². The fourth-order valence-electron chi connectivity index (χ4n) is 2.43. The molecule has 82 valence electrons. The molecule has 2 atom stereocenters. The Kier molecular flexibility index (Phi) is 2.38. The summed E-state index contributed by atoms with van der Waals surface area (Å²) in [7, 11) is 0. The molecule has 0 radical (unpaired) electrons. The van der Waals surface area contributed by atoms with Gasteiger partial charge in [-0.05, 0) is 22.5 Å². The van der Waals surface area contributed by atoms with Gasteiger partial charge in [0.1, 0.15) is 0 Å². The van der Waals surface area contributed by atoms with Crippen molar-refractivity contribution in [1.82, 2.24) is 0 Å². The van der Waals surface area contributed by atoms with Gasteiger partial charge in [0.25, 0.3) is 0 Å². The highest BCUT2D eigenvalue weighted by atomic mass is 14.8. The summed E-state index contributed by atoms with van der Waals surface area (Å²) in [5.41, 5.74) is 9.22. The quantitative estimate of drug-likeness (QED) is 0.784. The van der Waals surface area contributed by atoms with Crippen molar-refractivity contribution < 1.29 is 0 Å². The number of nitrogens with two attached hydrogens (primary N) is 1. The van der Waals surface area contributed by atoms with E-state index in [1.807, 2.05) is 0 Å². The molecule has 0 amide bonds. The summed E-state index contributed by atoms with van der Waals surface area (Å²) in [6.45, 7) is 8.98. The van der Waals surface area contributed by atoms with Gasteiger partial charge in [0.2, 0.25) is 0 Å². The second-order valence-corrected chi connectivity index (χ2v) is 5.65. The van der Waals surface area contributed by atoms with E-state index < -0.39 is 0 Å². The van der Waals surface area contributed by atoms with E-state index in [9.17, 15) is 0 Å². The molecule has 0 aromatic heterocycles. The molecule has 0 spiro atoms. The normalized spacial score (nSPS) is 28.1. The van der Waals surface area contributed by atoms with Gasteiger partial charge in [0.15, 0.2) is 0 Å². The third-order valence-electron chi connectivity index (χ3n) is 3.85. The van der Waals surface area contributed by atoms with E-state index in [2.05, 4.69) is 52.0 Å². The molecule has 1 aromatic carbocycles. The van der Waals surface area contributed by atoms with Gasteiger partial charge in [-0.25, -0.2) is 0 Å². The van der Waals surface area contributed by atoms with Crippen LogP contribution >= 0.6 is 0 Å². The molecule has 1 heteroatoms. The zero-order valence-corrected chi connectivity index (χ0v) is 10.1. The van der Waals surface area contributed by atoms with Gasteiger partial charge in [-0.3, -0.25) is 0 Å². The van der Waals surface area contributed by atoms with Crippen LogP contribution in [0.1, 0.15) is 50.7 Å². The predicted molar refractivity (Wildman–Crippen MR) is 65.0 cm³/mol. The molecule has 1 nitrogen and oxygen atoms in total. The molecule has 1 aliphatic carbocycles. The first-order valence-corrected chi connectivity index (χ1v) is 5.80. The van der Waals surface area contributed by atoms with Crippen LogP contribution in [-0.2, 0) is 0 Å². The second kappa shape index (κ2) is 3.34. The maximum Gasteiger partial charge on any atom is 0.0172 e. The summed E-state index contributed by atoms with van der Waals surface area (Å²) in [6.07, 6.45) is 0. The largest absolute Gasteiger partial charge is 0.327 e. The minimum Gasteiger partial charge on any atom is -0.327 e. The Morgan fingerprint density at radius 3 is 2.33 bits per heavy atom. The van der Waals surface area contributed by atoms with Crippen molar-refractivity contribution >= 4 is 0 Å². The van der Waals surface area contributed by atoms with E-state index in [-0.39, 0.29) is 5.41 Å². The Morgan fingerprint density at radius 1 is 1.27 bits per heavy atom. The number of hydrogen-bond acceptors (Lipinski definition) is 1. The van der Waals surface area contributed by atoms with Crippen LogP contribution in [0.2, 0.25) is 0 Å². The van der Waals surface area contributed by atoms with Gasteiger partial charge in [-0.2, -0.15) is 0 Å². The molecule has 1 aliphatic rings. The molecular formula is C14H21N. The molecule has 2 rings (SSSR count). The highest BCUT2D eigenvalue weighted by molar-refractivity contribution is 5.37. The topological polar surface area (TPSA) is 26.0 Å². The lowest BCUT2D eigenvalue weighted by atomic mass is 9.96. The lowest BCUT2D eigenvalue weighted by molar-refractivity contribution is 0.599. The van der Waals surface area contributed by atoms with Crippen LogP contribution in [0.4, 0.5) is 0 Å². The van der Waals surface area contributed by atoms with Crippen LogP contribution in [0.3, 0.4) is 0 Å². The molecule has 1 saturated carbocycles. The zero-order chi connectivity index (χ0) is 11.2. The monoisotopic (exact) mass is 203 g/mol. The molecule has 0 heterocycles. The minimum atomic E-state index is 0.287. The first-order chi connectivity index (χ1) is 6.94. The van der Waals surface area contributed by atoms with Crippen molar-refractivity contribution in [3.05, 3.63) is 35.4 Å². The van der Waals surface area contributed by atoms with Crippen molar-refractivity contribution in [2.24, 2.45) is 11.1 Å². The van der Waals surface area contributed by atoms with Gasteiger partial charge < -0.3 is 5.73 Å². The zero-order valence-electron chi connectivity index (χ0n) is 10.1. The molecule has 0 aliphatic heterocycles. The Morgan fingerprint density at radius 2 is 1.87 bits per heavy atom. The average molecular weight is 203 g/mol. The van der Waals surface area contributed by atoms with Gasteiger partial charge >= 0.3 is 0 Å². The number of benzene rings is 1. The molecule has 15 heavy (non-hydrogen) atoms. The first kappa shape index (κ1) is 10.7. The Hall–Kier alpha value is -0.820. The van der Waals surface area contributed by atoms with E-state index in [0.717, 1.165) is 0 Å². The molecule has 0 bridgehead atoms. The van der Waals surface area contributed by atoms with Crippen LogP contribution in [0.25, 0.3) is 0 Å². The van der Waals surface area contributed by atoms with E-state index in [1.165, 1.54) is 11.1 Å². The van der Waals surface area contributed by atoms with Gasteiger partial charge in [0.05, 0.1) is 0 Å². The molecule has 2 N–H and O–H groups in total. The summed E-state index contributed by atoms with van der Waals surface area (Å²) in [5, 5.41) is 0. The maximum absolute atomic E-state index is 6.10. The highest BCUT2D eigenvalue weighted by Gasteiger charge is 2.56. The fourth-order valence-corrected chi connectivity index (χ4v) is 2.43. The van der Waals surface area contributed by atoms with Gasteiger partial charge in [0, 0.05) is 12.0 Å². The Bertz CT molecular complexity index is 365. The molecule has 0 saturated heterocycles. The van der Waals surface area contributed by atoms with Crippen molar-refractivity contribution in [3.8, 4) is 0 Å². The van der Waals surface area contributed by atoms with Crippen molar-refractivity contribution in [2.75, 3.05) is 0 Å². The number of rotatable bonds is 2. The van der Waals surface area contributed by atoms with E-state index in [4.69, 9.17) is 5.73 Å². The maximum atomic E-state index is 6.10. The van der Waals surface area contributed by atoms with Crippen molar-refractivity contribution in [3.63, 3.8) is 0 Å². The van der Waals surface area contributed by atoms with Crippen LogP contribution in [-0.4, -0.2) is 6.04 Å². The van der Waals surface area contributed by atoms with Crippen LogP contribution in [0, 0.1) is 5.41 Å². The minimum absolute atomic E-state index is 0.287. The van der Waals surface area contributed by atoms with Crippen molar-refractivity contribution in [1.29, 1.82) is 0 Å². The third-order valence-corrected chi connectivity index (χ3v) is 3.85. The summed E-state index contributed by atoms with van der Waals surface area (Å²) in [6, 6.07) is 9.23. The highest BCUT2D eigenvalue weighted by Crippen LogP contribution is 2.57. The van der Waals surface area contributed by atoms with Crippen LogP contribution < -0.4 is 5.73 Å². The summed E-state index contributed by atoms with van der Waals surface area (Å²) in [4.78, 5) is 0. The Labute approximate surface area is 92.7 Å². The molecule has 1 fully saturated rings. The molecule has 1 aromatic rings. The van der Waals surface area contributed by atoms with E-state index in [1.54, 1.807) is 0 Å². The van der Waals surface area contributed by atoms with E-state index >= 15 is 0 Å². The molecular weight excluding hydrogens is 182 g/mol. The van der Waals surface area contributed by atoms with Gasteiger partial charge in [-0.1, -0.05) is 52.0 Å². The fraction of sp³-hybridized carbons (Fsp3) is 0.571. The third kappa shape index (κ3) is 1.69. The smallest absolute Gasteiger partial charge is 0.0172 e. The standard InChI is InChI=1S/C14H21N/c1-9(2)10-6-5-7-11(8-10)12-13(15)14(12,3)4/h5-9,12-13H,15H2,1-4H3/t12-,13-/m0/s1. The number of hydrogen-bond donors (Lipinski definition) is 1. The predicted octanol–water partition coefficient (Wildman–Crippen LogP) is 3.26. The van der Waals surface area contributed by atoms with Gasteiger partial charge in [-0.15, -0.1) is 0 Å².